The molecule has 36 heavy (non-hydrogen) atoms. The van der Waals surface area contributed by atoms with Crippen LogP contribution >= 0.6 is 22.9 Å². The first-order chi connectivity index (χ1) is 16.8. The number of thiophene rings is 1. The Morgan fingerprint density at radius 3 is 2.58 bits per heavy atom. The Hall–Kier alpha value is -4.05. The molecule has 0 spiro atoms. The van der Waals surface area contributed by atoms with Crippen LogP contribution in [0.25, 0.3) is 21.3 Å². The molecule has 0 aliphatic heterocycles. The first kappa shape index (κ1) is 25.1. The van der Waals surface area contributed by atoms with Crippen LogP contribution in [0.4, 0.5) is 24.7 Å². The van der Waals surface area contributed by atoms with Crippen LogP contribution in [0.5, 0.6) is 0 Å². The average molecular weight is 543 g/mol. The van der Waals surface area contributed by atoms with E-state index in [0.717, 1.165) is 6.07 Å². The number of carbonyl (C=O) groups is 2. The van der Waals surface area contributed by atoms with E-state index in [-0.39, 0.29) is 26.3 Å². The van der Waals surface area contributed by atoms with Crippen LogP contribution in [0.3, 0.4) is 0 Å². The average Bonchev–Trinajstić information content (AvgIpc) is 3.47. The lowest BCUT2D eigenvalue weighted by atomic mass is 10.0. The number of amides is 2. The van der Waals surface area contributed by atoms with Gasteiger partial charge in [-0.05, 0) is 30.4 Å². The van der Waals surface area contributed by atoms with Crippen LogP contribution in [0.15, 0.2) is 12.3 Å². The maximum absolute atomic E-state index is 13.7. The third kappa shape index (κ3) is 4.13. The first-order valence-electron chi connectivity index (χ1n) is 9.92. The summed E-state index contributed by atoms with van der Waals surface area (Å²) in [7, 11) is 0. The van der Waals surface area contributed by atoms with Gasteiger partial charge in [-0.2, -0.15) is 18.3 Å². The zero-order chi connectivity index (χ0) is 26.5. The number of aromatic nitrogens is 5. The minimum absolute atomic E-state index is 0.00457. The van der Waals surface area contributed by atoms with Gasteiger partial charge < -0.3 is 21.2 Å². The number of hydrogen-bond donors (Lipinski definition) is 3. The second-order valence-electron chi connectivity index (χ2n) is 7.31. The van der Waals surface area contributed by atoms with Gasteiger partial charge in [-0.15, -0.1) is 16.4 Å². The maximum Gasteiger partial charge on any atom is 0.433 e. The molecule has 0 unspecified atom stereocenters. The molecule has 0 saturated carbocycles. The topological polar surface area (TPSA) is 175 Å². The fraction of sp³-hybridized carbons (Fsp3) is 0.211. The third-order valence-corrected chi connectivity index (χ3v) is 6.65. The van der Waals surface area contributed by atoms with Gasteiger partial charge in [0.15, 0.2) is 10.7 Å². The number of nitrogens with two attached hydrogens (primary N) is 1. The Bertz CT molecular complexity index is 1560. The lowest BCUT2D eigenvalue weighted by molar-refractivity contribution is -0.389. The van der Waals surface area contributed by atoms with Crippen molar-refractivity contribution in [3.05, 3.63) is 49.4 Å². The Balaban J connectivity index is 1.99. The molecule has 4 aromatic rings. The van der Waals surface area contributed by atoms with Gasteiger partial charge in [0, 0.05) is 23.2 Å². The molecule has 4 heterocycles. The van der Waals surface area contributed by atoms with Gasteiger partial charge in [-0.25, -0.2) is 4.98 Å². The van der Waals surface area contributed by atoms with E-state index in [1.54, 1.807) is 18.5 Å². The molecule has 0 radical (unpaired) electrons. The standard InChI is InChI=1S/C19H14ClF3N8O4S/c1-3-30-6(2)8(5-25-30)7-4-9(19(21,22)23)26-18-10(7)12(14(36-18)15(24)32)27-17(33)13-11(20)16(29-28-13)31(34)35/h4-5H,3H2,1-2H3,(H2,24,32)(H,27,33)(H,28,29). The van der Waals surface area contributed by atoms with Crippen LogP contribution in [0, 0.1) is 17.0 Å². The molecule has 2 amide bonds. The Labute approximate surface area is 207 Å². The van der Waals surface area contributed by atoms with Crippen molar-refractivity contribution < 1.29 is 27.7 Å². The summed E-state index contributed by atoms with van der Waals surface area (Å²) in [6.07, 6.45) is -3.46. The van der Waals surface area contributed by atoms with Gasteiger partial charge in [-0.3, -0.25) is 14.3 Å². The Kier molecular flexibility index (Phi) is 6.17. The number of fused-ring (bicyclic) bond motifs is 1. The van der Waals surface area contributed by atoms with Crippen molar-refractivity contribution in [2.24, 2.45) is 5.73 Å². The van der Waals surface area contributed by atoms with Crippen LogP contribution < -0.4 is 11.1 Å². The molecule has 188 valence electrons. The molecule has 0 aromatic carbocycles. The highest BCUT2D eigenvalue weighted by Crippen LogP contribution is 2.44. The van der Waals surface area contributed by atoms with Gasteiger partial charge in [0.25, 0.3) is 11.8 Å². The molecule has 4 aromatic heterocycles. The van der Waals surface area contributed by atoms with E-state index >= 15 is 0 Å². The molecule has 0 atom stereocenters. The van der Waals surface area contributed by atoms with E-state index in [2.05, 4.69) is 20.5 Å². The van der Waals surface area contributed by atoms with Crippen molar-refractivity contribution in [1.29, 1.82) is 0 Å². The molecule has 4 N–H and O–H groups in total. The molecule has 0 bridgehead atoms. The number of aromatic amines is 1. The lowest BCUT2D eigenvalue weighted by Gasteiger charge is -2.12. The van der Waals surface area contributed by atoms with E-state index in [0.29, 0.717) is 29.1 Å². The molecule has 17 heteroatoms. The van der Waals surface area contributed by atoms with E-state index in [9.17, 15) is 32.9 Å². The van der Waals surface area contributed by atoms with Crippen molar-refractivity contribution in [2.75, 3.05) is 5.32 Å². The second-order valence-corrected chi connectivity index (χ2v) is 8.69. The predicted octanol–water partition coefficient (Wildman–Crippen LogP) is 4.14. The summed E-state index contributed by atoms with van der Waals surface area (Å²) in [6.45, 7) is 3.87. The number of nitrogens with zero attached hydrogens (tertiary/aromatic N) is 5. The number of hydrogen-bond acceptors (Lipinski definition) is 8. The number of anilines is 1. The number of aryl methyl sites for hydroxylation is 1. The van der Waals surface area contributed by atoms with Crippen molar-refractivity contribution in [3.63, 3.8) is 0 Å². The molecule has 0 aliphatic rings. The number of alkyl halides is 3. The number of nitro groups is 1. The lowest BCUT2D eigenvalue weighted by Crippen LogP contribution is -2.17. The van der Waals surface area contributed by atoms with E-state index < -0.39 is 45.1 Å². The minimum Gasteiger partial charge on any atom is -0.365 e. The molecular weight excluding hydrogens is 529 g/mol. The molecule has 0 saturated heterocycles. The molecule has 12 nitrogen and oxygen atoms in total. The highest BCUT2D eigenvalue weighted by atomic mass is 35.5. The van der Waals surface area contributed by atoms with Crippen LogP contribution in [-0.2, 0) is 12.7 Å². The van der Waals surface area contributed by atoms with Crippen molar-refractivity contribution in [2.45, 2.75) is 26.6 Å². The smallest absolute Gasteiger partial charge is 0.365 e. The van der Waals surface area contributed by atoms with Crippen LogP contribution in [0.2, 0.25) is 5.02 Å². The SMILES string of the molecule is CCn1ncc(-c2cc(C(F)(F)F)nc3sc(C(N)=O)c(NC(=O)c4n[nH]c([N+](=O)[O-])c4Cl)c23)c1C. The zero-order valence-corrected chi connectivity index (χ0v) is 19.8. The number of carbonyl (C=O) groups excluding carboxylic acids is 2. The number of pyridine rings is 1. The summed E-state index contributed by atoms with van der Waals surface area (Å²) in [5.41, 5.74) is 4.22. The van der Waals surface area contributed by atoms with E-state index in [4.69, 9.17) is 17.3 Å². The second kappa shape index (κ2) is 8.87. The number of nitrogens with one attached hydrogen (secondary N) is 2. The summed E-state index contributed by atoms with van der Waals surface area (Å²) < 4.78 is 42.6. The summed E-state index contributed by atoms with van der Waals surface area (Å²) >= 11 is 6.42. The molecule has 0 fully saturated rings. The summed E-state index contributed by atoms with van der Waals surface area (Å²) in [5.74, 6) is -2.86. The monoisotopic (exact) mass is 542 g/mol. The van der Waals surface area contributed by atoms with Gasteiger partial charge in [-0.1, -0.05) is 16.7 Å². The Morgan fingerprint density at radius 2 is 2.06 bits per heavy atom. The van der Waals surface area contributed by atoms with Crippen molar-refractivity contribution in [3.8, 4) is 11.1 Å². The third-order valence-electron chi connectivity index (χ3n) is 5.19. The summed E-state index contributed by atoms with van der Waals surface area (Å²) in [6, 6.07) is 0.784. The minimum atomic E-state index is -4.82. The fourth-order valence-corrected chi connectivity index (χ4v) is 4.79. The van der Waals surface area contributed by atoms with Crippen LogP contribution in [-0.4, -0.2) is 41.7 Å². The van der Waals surface area contributed by atoms with Crippen LogP contribution in [0.1, 0.15) is 38.5 Å². The Morgan fingerprint density at radius 1 is 1.36 bits per heavy atom. The van der Waals surface area contributed by atoms with Gasteiger partial charge in [0.2, 0.25) is 0 Å². The predicted molar refractivity (Wildman–Crippen MR) is 123 cm³/mol. The first-order valence-corrected chi connectivity index (χ1v) is 11.1. The van der Waals surface area contributed by atoms with Crippen molar-refractivity contribution in [1.82, 2.24) is 25.0 Å². The quantitative estimate of drug-likeness (QED) is 0.242. The normalized spacial score (nSPS) is 11.7. The van der Waals surface area contributed by atoms with Gasteiger partial charge in [0.05, 0.1) is 11.9 Å². The van der Waals surface area contributed by atoms with E-state index in [1.165, 1.54) is 6.20 Å². The largest absolute Gasteiger partial charge is 0.433 e. The molecule has 4 rings (SSSR count). The zero-order valence-electron chi connectivity index (χ0n) is 18.2. The number of halogens is 4. The highest BCUT2D eigenvalue weighted by Gasteiger charge is 2.36. The fourth-order valence-electron chi connectivity index (χ4n) is 3.54. The highest BCUT2D eigenvalue weighted by molar-refractivity contribution is 7.21. The number of primary amides is 1. The van der Waals surface area contributed by atoms with Crippen molar-refractivity contribution >= 4 is 56.5 Å². The van der Waals surface area contributed by atoms with Gasteiger partial charge in [0.1, 0.15) is 15.4 Å². The number of H-pyrrole nitrogens is 1. The molecular formula is C19H14ClF3N8O4S. The summed E-state index contributed by atoms with van der Waals surface area (Å²) in [5, 5.41) is 22.5. The summed E-state index contributed by atoms with van der Waals surface area (Å²) in [4.78, 5) is 38.4. The maximum atomic E-state index is 13.7. The molecule has 0 aliphatic carbocycles. The van der Waals surface area contributed by atoms with E-state index in [1.807, 2.05) is 5.10 Å². The number of rotatable bonds is 6. The van der Waals surface area contributed by atoms with Gasteiger partial charge >= 0.3 is 12.0 Å².